The highest BCUT2D eigenvalue weighted by atomic mass is 35.5. The fourth-order valence-electron chi connectivity index (χ4n) is 4.84. The molecule has 2 N–H and O–H groups in total. The first-order chi connectivity index (χ1) is 19.1. The third kappa shape index (κ3) is 4.53. The molecule has 0 saturated carbocycles. The highest BCUT2D eigenvalue weighted by Gasteiger charge is 2.17. The van der Waals surface area contributed by atoms with Gasteiger partial charge in [0.25, 0.3) is 0 Å². The fourth-order valence-corrected chi connectivity index (χ4v) is 5.02. The number of nitrogens with one attached hydrogen (secondary N) is 2. The van der Waals surface area contributed by atoms with Crippen molar-refractivity contribution >= 4 is 22.6 Å². The average molecular weight is 538 g/mol. The van der Waals surface area contributed by atoms with Crippen LogP contribution >= 0.6 is 11.6 Å². The smallest absolute Gasteiger partial charge is 0.132 e. The summed E-state index contributed by atoms with van der Waals surface area (Å²) in [4.78, 5) is 14.0. The van der Waals surface area contributed by atoms with Gasteiger partial charge in [-0.15, -0.1) is 5.10 Å². The predicted molar refractivity (Wildman–Crippen MR) is 145 cm³/mol. The van der Waals surface area contributed by atoms with E-state index >= 15 is 0 Å². The number of nitrogens with zero attached hydrogens (tertiary/aromatic N) is 7. The minimum Gasteiger partial charge on any atom is -0.312 e. The third-order valence-electron chi connectivity index (χ3n) is 6.79. The van der Waals surface area contributed by atoms with E-state index in [1.165, 1.54) is 17.7 Å². The van der Waals surface area contributed by atoms with E-state index in [1.807, 2.05) is 30.6 Å². The number of benzene rings is 1. The Balaban J connectivity index is 1.19. The van der Waals surface area contributed by atoms with Gasteiger partial charge in [-0.05, 0) is 53.6 Å². The molecule has 0 amide bonds. The molecule has 0 unspecified atom stereocenters. The maximum atomic E-state index is 14.6. The number of fused-ring (bicyclic) bond motifs is 2. The summed E-state index contributed by atoms with van der Waals surface area (Å²) in [5.41, 5.74) is 8.36. The summed E-state index contributed by atoms with van der Waals surface area (Å²) in [6.07, 6.45) is 8.20. The van der Waals surface area contributed by atoms with Crippen molar-refractivity contribution < 1.29 is 4.39 Å². The van der Waals surface area contributed by atoms with Gasteiger partial charge >= 0.3 is 0 Å². The zero-order valence-electron chi connectivity index (χ0n) is 20.6. The van der Waals surface area contributed by atoms with E-state index in [0.29, 0.717) is 45.3 Å². The molecule has 1 aromatic carbocycles. The van der Waals surface area contributed by atoms with Crippen LogP contribution in [-0.2, 0) is 19.5 Å². The van der Waals surface area contributed by atoms with E-state index in [-0.39, 0.29) is 0 Å². The van der Waals surface area contributed by atoms with Crippen LogP contribution < -0.4 is 5.32 Å². The van der Waals surface area contributed by atoms with Crippen molar-refractivity contribution in [2.45, 2.75) is 19.5 Å². The van der Waals surface area contributed by atoms with Crippen LogP contribution in [0.25, 0.3) is 44.8 Å². The van der Waals surface area contributed by atoms with Crippen LogP contribution in [0.3, 0.4) is 0 Å². The lowest BCUT2D eigenvalue weighted by atomic mass is 10.0. The monoisotopic (exact) mass is 537 g/mol. The van der Waals surface area contributed by atoms with Crippen molar-refractivity contribution in [3.8, 4) is 33.8 Å². The summed E-state index contributed by atoms with van der Waals surface area (Å²) in [7, 11) is 0. The molecule has 0 bridgehead atoms. The van der Waals surface area contributed by atoms with Gasteiger partial charge in [-0.3, -0.25) is 15.1 Å². The average Bonchev–Trinajstić information content (AvgIpc) is 3.64. The Morgan fingerprint density at radius 1 is 0.974 bits per heavy atom. The zero-order valence-corrected chi connectivity index (χ0v) is 21.3. The Labute approximate surface area is 227 Å². The second-order valence-corrected chi connectivity index (χ2v) is 9.84. The van der Waals surface area contributed by atoms with E-state index in [1.54, 1.807) is 23.1 Å². The minimum absolute atomic E-state index is 0.300. The number of pyridine rings is 3. The number of hydrogen-bond donors (Lipinski definition) is 2. The van der Waals surface area contributed by atoms with Gasteiger partial charge in [-0.1, -0.05) is 16.8 Å². The van der Waals surface area contributed by atoms with Gasteiger partial charge in [0, 0.05) is 65.5 Å². The molecule has 0 radical (unpaired) electrons. The molecular weight excluding hydrogens is 517 g/mol. The normalized spacial score (nSPS) is 13.1. The lowest BCUT2D eigenvalue weighted by Crippen LogP contribution is -2.24. The molecule has 39 heavy (non-hydrogen) atoms. The largest absolute Gasteiger partial charge is 0.312 e. The quantitative estimate of drug-likeness (QED) is 0.324. The lowest BCUT2D eigenvalue weighted by molar-refractivity contribution is 0.618. The maximum absolute atomic E-state index is 14.6. The van der Waals surface area contributed by atoms with Crippen LogP contribution in [0.15, 0.2) is 67.3 Å². The molecule has 0 atom stereocenters. The molecule has 1 aliphatic rings. The first-order valence-electron chi connectivity index (χ1n) is 12.4. The summed E-state index contributed by atoms with van der Waals surface area (Å²) >= 11 is 6.11. The third-order valence-corrected chi connectivity index (χ3v) is 7.02. The zero-order chi connectivity index (χ0) is 26.3. The summed E-state index contributed by atoms with van der Waals surface area (Å²) in [6.45, 7) is 2.37. The molecule has 5 aromatic heterocycles. The SMILES string of the molecule is Fc1ccc(Cl)cc1-c1n[nH]cc1-c1ccc2ncc(-c3cn(Cc4cnc5c(c4)CNCC5)nn3)cc2n1. The van der Waals surface area contributed by atoms with E-state index < -0.39 is 5.82 Å². The molecule has 9 nitrogen and oxygen atoms in total. The van der Waals surface area contributed by atoms with Gasteiger partial charge < -0.3 is 5.32 Å². The lowest BCUT2D eigenvalue weighted by Gasteiger charge is -2.16. The molecule has 0 spiro atoms. The molecular formula is C28H21ClFN9. The van der Waals surface area contributed by atoms with Crippen LogP contribution in [-0.4, -0.2) is 46.7 Å². The Morgan fingerprint density at radius 2 is 1.92 bits per heavy atom. The van der Waals surface area contributed by atoms with Crippen LogP contribution in [0.4, 0.5) is 4.39 Å². The number of aromatic nitrogens is 8. The van der Waals surface area contributed by atoms with E-state index in [0.717, 1.165) is 41.8 Å². The topological polar surface area (TPSA) is 110 Å². The first-order valence-corrected chi connectivity index (χ1v) is 12.8. The molecule has 11 heteroatoms. The van der Waals surface area contributed by atoms with Gasteiger partial charge in [0.15, 0.2) is 0 Å². The standard InChI is InChI=1S/C28H21ClFN9/c29-19-1-2-22(30)20(9-19)28-21(13-34-37-28)24-3-4-25-26(35-24)8-18(12-33-25)27-15-39(38-36-27)14-16-7-17-11-31-6-5-23(17)32-10-16/h1-4,7-10,12-13,15,31H,5-6,11,14H2,(H,34,37). The molecule has 6 aromatic rings. The van der Waals surface area contributed by atoms with Crippen molar-refractivity contribution in [3.63, 3.8) is 0 Å². The molecule has 0 aliphatic carbocycles. The fraction of sp³-hybridized carbons (Fsp3) is 0.143. The summed E-state index contributed by atoms with van der Waals surface area (Å²) in [6, 6.07) is 12.2. The van der Waals surface area contributed by atoms with E-state index in [9.17, 15) is 4.39 Å². The number of hydrogen-bond acceptors (Lipinski definition) is 7. The minimum atomic E-state index is -0.414. The predicted octanol–water partition coefficient (Wildman–Crippen LogP) is 4.83. The second kappa shape index (κ2) is 9.64. The first kappa shape index (κ1) is 23.6. The number of H-pyrrole nitrogens is 1. The van der Waals surface area contributed by atoms with E-state index in [2.05, 4.69) is 41.9 Å². The van der Waals surface area contributed by atoms with E-state index in [4.69, 9.17) is 16.6 Å². The van der Waals surface area contributed by atoms with Gasteiger partial charge in [0.05, 0.1) is 29.5 Å². The number of aromatic amines is 1. The highest BCUT2D eigenvalue weighted by molar-refractivity contribution is 6.30. The Morgan fingerprint density at radius 3 is 2.87 bits per heavy atom. The molecule has 0 saturated heterocycles. The van der Waals surface area contributed by atoms with Crippen LogP contribution in [0.5, 0.6) is 0 Å². The van der Waals surface area contributed by atoms with Gasteiger partial charge in [0.1, 0.15) is 17.2 Å². The van der Waals surface area contributed by atoms with Crippen molar-refractivity contribution in [2.75, 3.05) is 6.54 Å². The summed E-state index contributed by atoms with van der Waals surface area (Å²) in [5.74, 6) is -0.414. The maximum Gasteiger partial charge on any atom is 0.132 e. The van der Waals surface area contributed by atoms with Gasteiger partial charge in [-0.25, -0.2) is 14.1 Å². The Hall–Kier alpha value is -4.54. The molecule has 6 heterocycles. The van der Waals surface area contributed by atoms with Gasteiger partial charge in [-0.2, -0.15) is 5.10 Å². The summed E-state index contributed by atoms with van der Waals surface area (Å²) in [5, 5.41) is 19.6. The Kier molecular flexibility index (Phi) is 5.83. The number of rotatable bonds is 5. The molecule has 192 valence electrons. The second-order valence-electron chi connectivity index (χ2n) is 9.41. The van der Waals surface area contributed by atoms with Crippen LogP contribution in [0, 0.1) is 5.82 Å². The highest BCUT2D eigenvalue weighted by Crippen LogP contribution is 2.33. The number of halogens is 2. The molecule has 1 aliphatic heterocycles. The Bertz CT molecular complexity index is 1840. The molecule has 7 rings (SSSR count). The van der Waals surface area contributed by atoms with Crippen molar-refractivity contribution in [3.05, 3.63) is 94.9 Å². The van der Waals surface area contributed by atoms with Crippen molar-refractivity contribution in [1.29, 1.82) is 0 Å². The van der Waals surface area contributed by atoms with Crippen LogP contribution in [0.1, 0.15) is 16.8 Å². The van der Waals surface area contributed by atoms with Gasteiger partial charge in [0.2, 0.25) is 0 Å². The van der Waals surface area contributed by atoms with Crippen molar-refractivity contribution in [1.82, 2.24) is 45.5 Å². The van der Waals surface area contributed by atoms with Crippen molar-refractivity contribution in [2.24, 2.45) is 0 Å². The van der Waals surface area contributed by atoms with Crippen LogP contribution in [0.2, 0.25) is 5.02 Å². The summed E-state index contributed by atoms with van der Waals surface area (Å²) < 4.78 is 16.4. The molecule has 0 fully saturated rings.